The number of hydrogen-bond acceptors (Lipinski definition) is 18. The smallest absolute Gasteiger partial charge is 0.178 e. The lowest BCUT2D eigenvalue weighted by molar-refractivity contribution is -0.137. The third kappa shape index (κ3) is 17.1. The molecule has 0 aliphatic heterocycles. The Morgan fingerprint density at radius 1 is 0.412 bits per heavy atom. The van der Waals surface area contributed by atoms with Crippen LogP contribution in [0.15, 0.2) is 58.1 Å². The summed E-state index contributed by atoms with van der Waals surface area (Å²) in [6, 6.07) is 2.25. The maximum Gasteiger partial charge on any atom is 0.178 e. The third-order valence-corrected chi connectivity index (χ3v) is 45.6. The molecule has 0 amide bonds. The van der Waals surface area contributed by atoms with Gasteiger partial charge in [-0.1, -0.05) is 41.5 Å². The van der Waals surface area contributed by atoms with Crippen LogP contribution in [-0.2, 0) is 64.9 Å². The van der Waals surface area contributed by atoms with Gasteiger partial charge in [-0.2, -0.15) is 25.7 Å². The number of thioether (sulfide) groups is 1. The van der Waals surface area contributed by atoms with E-state index in [2.05, 4.69) is 81.2 Å². The van der Waals surface area contributed by atoms with Crippen LogP contribution in [0.2, 0.25) is 0 Å². The number of rotatable bonds is 16. The zero-order valence-electron chi connectivity index (χ0n) is 81.2. The zero-order valence-corrected chi connectivity index (χ0v) is 83.7. The predicted molar refractivity (Wildman–Crippen MR) is 504 cm³/mol. The molecule has 720 valence electrons. The van der Waals surface area contributed by atoms with E-state index in [4.69, 9.17) is 4.78 Å². The van der Waals surface area contributed by atoms with E-state index in [9.17, 15) is 57.5 Å². The Labute approximate surface area is 786 Å². The Morgan fingerprint density at radius 3 is 1.11 bits per heavy atom. The number of hydrogen-bond donors (Lipinski definition) is 5. The van der Waals surface area contributed by atoms with Gasteiger partial charge in [0.25, 0.3) is 0 Å². The van der Waals surface area contributed by atoms with Crippen LogP contribution in [0, 0.1) is 215 Å². The van der Waals surface area contributed by atoms with Crippen molar-refractivity contribution in [2.75, 3.05) is 18.8 Å². The fourth-order valence-electron chi connectivity index (χ4n) is 37.7. The number of carbonyl (C=O) groups excluding carboxylic acids is 4. The molecule has 0 aromatic carbocycles. The van der Waals surface area contributed by atoms with Crippen LogP contribution in [-0.4, -0.2) is 136 Å². The first-order valence-corrected chi connectivity index (χ1v) is 57.5. The maximum absolute atomic E-state index is 13.8. The number of sulfone groups is 1. The van der Waals surface area contributed by atoms with Gasteiger partial charge in [0, 0.05) is 71.4 Å². The zero-order chi connectivity index (χ0) is 92.5. The lowest BCUT2D eigenvalue weighted by atomic mass is 9.48. The number of nitrogens with zero attached hydrogens (tertiary/aromatic N) is 9. The summed E-state index contributed by atoms with van der Waals surface area (Å²) in [6.45, 7) is 23.7. The maximum atomic E-state index is 13.8. The minimum Gasteiger partial charge on any atom is -0.390 e. The first-order valence-electron chi connectivity index (χ1n) is 52.4. The van der Waals surface area contributed by atoms with Gasteiger partial charge >= 0.3 is 0 Å². The highest BCUT2D eigenvalue weighted by Gasteiger charge is 2.74. The van der Waals surface area contributed by atoms with Gasteiger partial charge in [-0.25, -0.2) is 17.4 Å². The van der Waals surface area contributed by atoms with Crippen LogP contribution in [0.3, 0.4) is 0 Å². The number of carbonyl (C=O) groups is 4. The molecule has 19 fully saturated rings. The Bertz CT molecular complexity index is 5120. The van der Waals surface area contributed by atoms with Gasteiger partial charge in [-0.15, -0.1) is 11.8 Å². The fraction of sp³-hybridized carbons (Fsp3) is 0.841. The van der Waals surface area contributed by atoms with Gasteiger partial charge in [0.05, 0.1) is 81.8 Å². The summed E-state index contributed by atoms with van der Waals surface area (Å²) in [7, 11) is -6.13. The van der Waals surface area contributed by atoms with Gasteiger partial charge in [0.2, 0.25) is 0 Å². The van der Waals surface area contributed by atoms with Crippen molar-refractivity contribution < 1.29 is 52.2 Å². The van der Waals surface area contributed by atoms with E-state index in [-0.39, 0.29) is 74.9 Å². The number of ketones is 4. The van der Waals surface area contributed by atoms with Crippen LogP contribution in [0.25, 0.3) is 0 Å². The molecule has 39 atom stereocenters. The lowest BCUT2D eigenvalue weighted by Gasteiger charge is -2.57. The summed E-state index contributed by atoms with van der Waals surface area (Å²) < 4.78 is 50.1. The second-order valence-electron chi connectivity index (χ2n) is 51.0. The van der Waals surface area contributed by atoms with Gasteiger partial charge in [-0.3, -0.25) is 37.9 Å². The van der Waals surface area contributed by atoms with E-state index in [0.29, 0.717) is 112 Å². The summed E-state index contributed by atoms with van der Waals surface area (Å²) >= 11 is 1.69. The molecule has 19 saturated carbocycles. The monoisotopic (exact) mass is 1860 g/mol. The van der Waals surface area contributed by atoms with Gasteiger partial charge in [0.1, 0.15) is 11.0 Å². The highest BCUT2D eigenvalue weighted by atomic mass is 32.2. The largest absolute Gasteiger partial charge is 0.390 e. The van der Waals surface area contributed by atoms with E-state index < -0.39 is 42.0 Å². The fourth-order valence-corrected chi connectivity index (χ4v) is 39.2. The predicted octanol–water partition coefficient (Wildman–Crippen LogP) is 19.0. The molecule has 5 N–H and O–H groups in total. The van der Waals surface area contributed by atoms with Gasteiger partial charge in [-0.05, 0) is 434 Å². The molecule has 0 radical (unpaired) electrons. The molecule has 131 heavy (non-hydrogen) atoms. The summed E-state index contributed by atoms with van der Waals surface area (Å²) in [5.41, 5.74) is 0.139. The average molecular weight is 1860 g/mol. The topological polar surface area (TPSA) is 319 Å². The number of Topliss-reactive ketones (excluding diaryl/α,β-unsaturated/α-hetero) is 4. The van der Waals surface area contributed by atoms with Crippen molar-refractivity contribution in [1.29, 1.82) is 10.0 Å². The van der Waals surface area contributed by atoms with Crippen LogP contribution in [0.5, 0.6) is 0 Å². The van der Waals surface area contributed by atoms with Crippen molar-refractivity contribution >= 4 is 54.5 Å². The van der Waals surface area contributed by atoms with E-state index in [1.807, 2.05) is 44.0 Å². The molecule has 19 aliphatic rings. The highest BCUT2D eigenvalue weighted by Crippen LogP contribution is 2.78. The molecule has 4 aromatic rings. The number of aliphatic hydroxyl groups is 4. The summed E-state index contributed by atoms with van der Waals surface area (Å²) in [6.07, 6.45) is 55.4. The van der Waals surface area contributed by atoms with E-state index in [1.54, 1.807) is 27.3 Å². The lowest BCUT2D eigenvalue weighted by Crippen LogP contribution is -2.52. The molecule has 23 rings (SSSR count). The SMILES string of the molecule is CSc1cnn(CC(=O)[C@H]2[C@H]3C[C@H]3[C@H]3[C@@H]4CC[C@@H]5C[C@](C)(O)CC[C@@H]5[C@H]4CC[C@@]32C)c1.C[C@@H]1C[C@H](C(=O)Cn2cc(S(C)(=N)=O)cn2)[C@@]2(C)CC[C@H]3[C@@H](CC[C@@H]4C[C@](C)(O)CC[C@@H]43)[C@H]12.C[C@@H]1C[C@H](C(=O)Cn2cc(S(C)(=O)=O)cn2)[C@@]2(C)CC[C@H]3[C@@H](CC[C@@H]4C[C@](C)(O)CC[C@@H]43)[C@H]12.C[C@@]1(O)CC[C@H]2[C@H](CC[C@@H]3[C@@H]2CC[C@@]2(C)[C@H]3[C@@H]3C[C@@H]3[C@@H]2C(=O)Cn2cc(C3CC3)c(C#N)n2)C1. The van der Waals surface area contributed by atoms with E-state index in [0.717, 1.165) is 196 Å². The standard InChI is InChI=1S/C29H39N3O2.C26H41N3O3S.C26H40N2O4S.C26H38N2O2S/c1-28(34)9-7-18-17(12-28)5-6-20-19(18)8-10-29(2)26(20)21-11-22(21)27(29)25(33)15-32-14-23(16-3-4-16)24(13-30)31-32;1-16-11-22(23(30)15-29-14-18(13-28-29)33(4,27)32)26(3)10-8-20-19-7-9-25(2,31)12-17(19)5-6-21(20)24(16)26;1-16-11-22(23(29)15-28-14-18(13-27-28)33(4,31)32)26(3)10-8-20-19-7-9-25(2,30)12-17(19)5-6-21(20)24(16)26;1-25(30)8-6-17-15(11-25)4-5-19-18(17)7-9-26(2)23(19)20-10-21(20)24(26)22(29)14-28-13-16(31-3)12-27-28/h14,16-22,26-27,34H,3-12,15H2,1-2H3;13-14,16-17,19-22,24,27,31H,5-12,15H2,1-4H3;13-14,16-17,19-22,24,30H,5-12,15H2,1-4H3;12-13,15,17-21,23-24,30H,4-11,14H2,1-3H3/t17-,18+,19-,20-,21-,22+,26-,27-,28-,29+;16-,17-,19+,20-,21-,22-,24+,25-,26-,33?;16-,17-,19+,20-,21-,22-,24+,25-,26-;15-,17+,18-,19-,20-,21+,23-,24-,25-,26+/m1111/s1. The van der Waals surface area contributed by atoms with Crippen LogP contribution in [0.4, 0.5) is 0 Å². The Kier molecular flexibility index (Phi) is 24.3. The molecule has 4 heterocycles. The second kappa shape index (κ2) is 34.0. The minimum atomic E-state index is -3.32. The quantitative estimate of drug-likeness (QED) is 0.0651. The van der Waals surface area contributed by atoms with Crippen molar-refractivity contribution in [2.45, 2.75) is 357 Å². The molecule has 1 unspecified atom stereocenters. The summed E-state index contributed by atoms with van der Waals surface area (Å²) in [4.78, 5) is 56.1. The first-order chi connectivity index (χ1) is 61.9. The van der Waals surface area contributed by atoms with Gasteiger partial charge < -0.3 is 20.4 Å². The summed E-state index contributed by atoms with van der Waals surface area (Å²) in [5.74, 6) is 20.8. The van der Waals surface area contributed by atoms with Crippen molar-refractivity contribution in [1.82, 2.24) is 39.1 Å². The molecular formula is C107H158N10O11S3. The molecule has 0 spiro atoms. The van der Waals surface area contributed by atoms with Crippen molar-refractivity contribution in [2.24, 2.45) is 199 Å². The Hall–Kier alpha value is -4.90. The molecule has 24 heteroatoms. The number of nitrogens with one attached hydrogen (secondary N) is 1. The van der Waals surface area contributed by atoms with Crippen molar-refractivity contribution in [3.8, 4) is 6.07 Å². The van der Waals surface area contributed by atoms with E-state index in [1.165, 1.54) is 151 Å². The molecular weight excluding hydrogens is 1700 g/mol. The molecule has 0 saturated heterocycles. The summed E-state index contributed by atoms with van der Waals surface area (Å²) in [5, 5.41) is 69.4. The molecule has 0 bridgehead atoms. The number of nitriles is 1. The van der Waals surface area contributed by atoms with Crippen LogP contribution < -0.4 is 0 Å². The molecule has 19 aliphatic carbocycles. The Balaban J connectivity index is 0.000000109. The number of fused-ring (bicyclic) bond motifs is 24. The highest BCUT2D eigenvalue weighted by molar-refractivity contribution is 7.98. The van der Waals surface area contributed by atoms with E-state index >= 15 is 0 Å². The average Bonchev–Trinajstić information content (AvgIpc) is 1.53. The van der Waals surface area contributed by atoms with Crippen LogP contribution >= 0.6 is 11.8 Å². The van der Waals surface area contributed by atoms with Crippen LogP contribution in [0.1, 0.15) is 305 Å². The van der Waals surface area contributed by atoms with Crippen molar-refractivity contribution in [3.05, 3.63) is 54.6 Å². The molecule has 21 nitrogen and oxygen atoms in total. The second-order valence-corrected chi connectivity index (χ2v) is 56.0. The molecule has 4 aromatic heterocycles. The minimum absolute atomic E-state index is 0.0224. The van der Waals surface area contributed by atoms with Crippen molar-refractivity contribution in [3.63, 3.8) is 0 Å². The normalized spacial score (nSPS) is 47.7. The third-order valence-electron chi connectivity index (χ3n) is 42.7. The Morgan fingerprint density at radius 2 is 0.756 bits per heavy atom. The number of aromatic nitrogens is 8. The van der Waals surface area contributed by atoms with Gasteiger partial charge in [0.15, 0.2) is 38.7 Å². The first kappa shape index (κ1) is 93.7.